The number of halogens is 1. The summed E-state index contributed by atoms with van der Waals surface area (Å²) in [5, 5.41) is 0.749. The van der Waals surface area contributed by atoms with E-state index in [1.807, 2.05) is 66.7 Å². The summed E-state index contributed by atoms with van der Waals surface area (Å²) in [6, 6.07) is 27.9. The maximum absolute atomic E-state index is 12.6. The molecule has 0 bridgehead atoms. The van der Waals surface area contributed by atoms with Crippen LogP contribution in [-0.4, -0.2) is 4.57 Å². The molecule has 4 rings (SSSR count). The van der Waals surface area contributed by atoms with Crippen LogP contribution in [0.25, 0.3) is 22.2 Å². The average molecular weight is 390 g/mol. The Morgan fingerprint density at radius 1 is 0.800 bits per heavy atom. The van der Waals surface area contributed by atoms with Crippen molar-refractivity contribution in [1.29, 1.82) is 0 Å². The van der Waals surface area contributed by atoms with E-state index in [1.54, 1.807) is 6.07 Å². The lowest BCUT2D eigenvalue weighted by Gasteiger charge is -2.17. The van der Waals surface area contributed by atoms with Crippen LogP contribution < -0.4 is 5.43 Å². The first kappa shape index (κ1) is 15.9. The van der Waals surface area contributed by atoms with Crippen molar-refractivity contribution in [3.63, 3.8) is 0 Å². The van der Waals surface area contributed by atoms with Gasteiger partial charge in [-0.1, -0.05) is 70.5 Å². The lowest BCUT2D eigenvalue weighted by molar-refractivity contribution is 0.834. The monoisotopic (exact) mass is 389 g/mol. The van der Waals surface area contributed by atoms with E-state index < -0.39 is 0 Å². The third-order valence-electron chi connectivity index (χ3n) is 4.34. The van der Waals surface area contributed by atoms with Crippen LogP contribution in [0.3, 0.4) is 0 Å². The minimum absolute atomic E-state index is 0.0535. The molecular formula is C22H16BrNO. The van der Waals surface area contributed by atoms with Crippen molar-refractivity contribution in [2.75, 3.05) is 0 Å². The maximum Gasteiger partial charge on any atom is 0.190 e. The molecule has 0 aliphatic heterocycles. The van der Waals surface area contributed by atoms with Gasteiger partial charge in [0.1, 0.15) is 0 Å². The molecule has 25 heavy (non-hydrogen) atoms. The molecule has 4 aromatic rings. The highest BCUT2D eigenvalue weighted by Gasteiger charge is 2.11. The van der Waals surface area contributed by atoms with Crippen LogP contribution in [-0.2, 0) is 6.54 Å². The molecule has 3 aromatic carbocycles. The number of fused-ring (bicyclic) bond motifs is 1. The minimum Gasteiger partial charge on any atom is -0.336 e. The standard InChI is InChI=1S/C22H16BrNO/c23-18-12-10-17(11-13-18)21-14-22(25)19-8-4-5-9-20(19)24(21)15-16-6-2-1-3-7-16/h1-14H,15H2. The van der Waals surface area contributed by atoms with Gasteiger partial charge in [-0.05, 0) is 35.4 Å². The Labute approximate surface area is 154 Å². The molecule has 1 aromatic heterocycles. The van der Waals surface area contributed by atoms with Gasteiger partial charge in [-0.25, -0.2) is 0 Å². The predicted octanol–water partition coefficient (Wildman–Crippen LogP) is 5.48. The van der Waals surface area contributed by atoms with Gasteiger partial charge in [-0.2, -0.15) is 0 Å². The van der Waals surface area contributed by atoms with E-state index in [0.717, 1.165) is 26.6 Å². The van der Waals surface area contributed by atoms with E-state index in [2.05, 4.69) is 32.6 Å². The molecule has 0 aliphatic carbocycles. The fourth-order valence-corrected chi connectivity index (χ4v) is 3.39. The normalized spacial score (nSPS) is 10.9. The maximum atomic E-state index is 12.6. The summed E-state index contributed by atoms with van der Waals surface area (Å²) in [6.45, 7) is 0.715. The molecule has 3 heteroatoms. The Balaban J connectivity index is 1.99. The zero-order valence-corrected chi connectivity index (χ0v) is 15.1. The van der Waals surface area contributed by atoms with Gasteiger partial charge in [0.2, 0.25) is 0 Å². The third-order valence-corrected chi connectivity index (χ3v) is 4.87. The number of hydrogen-bond acceptors (Lipinski definition) is 1. The summed E-state index contributed by atoms with van der Waals surface area (Å²) in [5.74, 6) is 0. The van der Waals surface area contributed by atoms with Gasteiger partial charge in [-0.3, -0.25) is 4.79 Å². The van der Waals surface area contributed by atoms with Gasteiger partial charge in [0.05, 0.1) is 11.2 Å². The molecule has 0 saturated carbocycles. The highest BCUT2D eigenvalue weighted by atomic mass is 79.9. The van der Waals surface area contributed by atoms with Crippen LogP contribution in [0.1, 0.15) is 5.56 Å². The van der Waals surface area contributed by atoms with Crippen molar-refractivity contribution in [2.45, 2.75) is 6.54 Å². The number of nitrogens with zero attached hydrogens (tertiary/aromatic N) is 1. The van der Waals surface area contributed by atoms with Crippen molar-refractivity contribution in [1.82, 2.24) is 4.57 Å². The SMILES string of the molecule is O=c1cc(-c2ccc(Br)cc2)n(Cc2ccccc2)c2ccccc12. The van der Waals surface area contributed by atoms with E-state index in [1.165, 1.54) is 5.56 Å². The van der Waals surface area contributed by atoms with Crippen LogP contribution in [0.4, 0.5) is 0 Å². The predicted molar refractivity (Wildman–Crippen MR) is 107 cm³/mol. The molecule has 0 unspecified atom stereocenters. The fourth-order valence-electron chi connectivity index (χ4n) is 3.12. The largest absolute Gasteiger partial charge is 0.336 e. The second-order valence-electron chi connectivity index (χ2n) is 5.99. The number of hydrogen-bond donors (Lipinski definition) is 0. The lowest BCUT2D eigenvalue weighted by atomic mass is 10.1. The van der Waals surface area contributed by atoms with Crippen LogP contribution in [0.15, 0.2) is 94.2 Å². The molecule has 0 atom stereocenters. The zero-order valence-electron chi connectivity index (χ0n) is 13.5. The molecular weight excluding hydrogens is 374 g/mol. The Kier molecular flexibility index (Phi) is 4.24. The molecule has 0 spiro atoms. The van der Waals surface area contributed by atoms with E-state index in [-0.39, 0.29) is 5.43 Å². The van der Waals surface area contributed by atoms with Gasteiger partial charge in [0.15, 0.2) is 5.43 Å². The van der Waals surface area contributed by atoms with Gasteiger partial charge in [0.25, 0.3) is 0 Å². The van der Waals surface area contributed by atoms with Gasteiger partial charge in [-0.15, -0.1) is 0 Å². The van der Waals surface area contributed by atoms with Crippen molar-refractivity contribution in [2.24, 2.45) is 0 Å². The van der Waals surface area contributed by atoms with E-state index in [4.69, 9.17) is 0 Å². The molecule has 2 nitrogen and oxygen atoms in total. The number of para-hydroxylation sites is 1. The van der Waals surface area contributed by atoms with Crippen LogP contribution in [0.2, 0.25) is 0 Å². The molecule has 0 amide bonds. The van der Waals surface area contributed by atoms with Crippen molar-refractivity contribution in [3.05, 3.63) is 105 Å². The minimum atomic E-state index is 0.0535. The summed E-state index contributed by atoms with van der Waals surface area (Å²) < 4.78 is 3.24. The van der Waals surface area contributed by atoms with Crippen LogP contribution >= 0.6 is 15.9 Å². The van der Waals surface area contributed by atoms with Crippen LogP contribution in [0, 0.1) is 0 Å². The second-order valence-corrected chi connectivity index (χ2v) is 6.91. The van der Waals surface area contributed by atoms with Crippen molar-refractivity contribution < 1.29 is 0 Å². The number of aromatic nitrogens is 1. The summed E-state index contributed by atoms with van der Waals surface area (Å²) >= 11 is 3.48. The number of rotatable bonds is 3. The molecule has 0 radical (unpaired) electrons. The van der Waals surface area contributed by atoms with E-state index >= 15 is 0 Å². The van der Waals surface area contributed by atoms with E-state index in [9.17, 15) is 4.79 Å². The Bertz CT molecular complexity index is 1080. The Hall–Kier alpha value is -2.65. The highest BCUT2D eigenvalue weighted by Crippen LogP contribution is 2.25. The molecule has 0 saturated heterocycles. The smallest absolute Gasteiger partial charge is 0.190 e. The molecule has 0 aliphatic rings. The summed E-state index contributed by atoms with van der Waals surface area (Å²) in [6.07, 6.45) is 0. The quantitative estimate of drug-likeness (QED) is 0.454. The third kappa shape index (κ3) is 3.15. The summed E-state index contributed by atoms with van der Waals surface area (Å²) in [7, 11) is 0. The first-order valence-electron chi connectivity index (χ1n) is 8.15. The number of benzene rings is 3. The van der Waals surface area contributed by atoms with Gasteiger partial charge in [0, 0.05) is 22.5 Å². The summed E-state index contributed by atoms with van der Waals surface area (Å²) in [4.78, 5) is 12.6. The molecule has 1 heterocycles. The topological polar surface area (TPSA) is 22.0 Å². The van der Waals surface area contributed by atoms with Crippen molar-refractivity contribution >= 4 is 26.8 Å². The Morgan fingerprint density at radius 3 is 2.24 bits per heavy atom. The fraction of sp³-hybridized carbons (Fsp3) is 0.0455. The summed E-state index contributed by atoms with van der Waals surface area (Å²) in [5.41, 5.74) is 4.17. The van der Waals surface area contributed by atoms with E-state index in [0.29, 0.717) is 6.54 Å². The molecule has 122 valence electrons. The molecule has 0 N–H and O–H groups in total. The van der Waals surface area contributed by atoms with Gasteiger partial charge < -0.3 is 4.57 Å². The highest BCUT2D eigenvalue weighted by molar-refractivity contribution is 9.10. The van der Waals surface area contributed by atoms with Crippen molar-refractivity contribution in [3.8, 4) is 11.3 Å². The van der Waals surface area contributed by atoms with Gasteiger partial charge >= 0.3 is 0 Å². The first-order valence-corrected chi connectivity index (χ1v) is 8.94. The zero-order chi connectivity index (χ0) is 17.2. The Morgan fingerprint density at radius 2 is 1.48 bits per heavy atom. The molecule has 0 fully saturated rings. The number of pyridine rings is 1. The van der Waals surface area contributed by atoms with Crippen LogP contribution in [0.5, 0.6) is 0 Å². The first-order chi connectivity index (χ1) is 12.2. The average Bonchev–Trinajstić information content (AvgIpc) is 2.66. The second kappa shape index (κ2) is 6.69. The lowest BCUT2D eigenvalue weighted by Crippen LogP contribution is -2.12.